The smallest absolute Gasteiger partial charge is 0.133 e. The van der Waals surface area contributed by atoms with E-state index in [4.69, 9.17) is 10.5 Å². The fourth-order valence-corrected chi connectivity index (χ4v) is 2.49. The zero-order valence-electron chi connectivity index (χ0n) is 8.22. The largest absolute Gasteiger partial charge is 0.496 e. The van der Waals surface area contributed by atoms with E-state index in [1.165, 1.54) is 11.1 Å². The highest BCUT2D eigenvalue weighted by Gasteiger charge is 2.17. The Kier molecular flexibility index (Phi) is 2.79. The molecule has 0 aliphatic heterocycles. The molecule has 0 spiro atoms. The quantitative estimate of drug-likeness (QED) is 0.836. The van der Waals surface area contributed by atoms with Crippen LogP contribution in [0.25, 0.3) is 0 Å². The summed E-state index contributed by atoms with van der Waals surface area (Å²) < 4.78 is 6.28. The number of methoxy groups -OCH3 is 1. The van der Waals surface area contributed by atoms with Gasteiger partial charge in [-0.05, 0) is 58.5 Å². The number of hydrogen-bond donors (Lipinski definition) is 1. The van der Waals surface area contributed by atoms with Crippen molar-refractivity contribution in [2.45, 2.75) is 25.3 Å². The maximum atomic E-state index is 5.92. The summed E-state index contributed by atoms with van der Waals surface area (Å²) in [4.78, 5) is 0. The van der Waals surface area contributed by atoms with Crippen molar-refractivity contribution in [3.8, 4) is 5.75 Å². The van der Waals surface area contributed by atoms with E-state index in [1.54, 1.807) is 7.11 Å². The molecule has 0 amide bonds. The molecule has 1 aromatic rings. The molecule has 1 atom stereocenters. The van der Waals surface area contributed by atoms with Gasteiger partial charge in [0.25, 0.3) is 0 Å². The van der Waals surface area contributed by atoms with Crippen molar-refractivity contribution < 1.29 is 4.74 Å². The SMILES string of the molecule is COc1cc2c(cc1Br)C[C@H](N)CC2. The minimum atomic E-state index is 0.322. The van der Waals surface area contributed by atoms with E-state index < -0.39 is 0 Å². The zero-order valence-corrected chi connectivity index (χ0v) is 9.80. The predicted octanol–water partition coefficient (Wildman–Crippen LogP) is 2.27. The first-order valence-electron chi connectivity index (χ1n) is 4.81. The van der Waals surface area contributed by atoms with Crippen LogP contribution in [-0.4, -0.2) is 13.2 Å². The first-order chi connectivity index (χ1) is 6.70. The Morgan fingerprint density at radius 2 is 2.21 bits per heavy atom. The minimum Gasteiger partial charge on any atom is -0.496 e. The van der Waals surface area contributed by atoms with Crippen LogP contribution < -0.4 is 10.5 Å². The zero-order chi connectivity index (χ0) is 10.1. The predicted molar refractivity (Wildman–Crippen MR) is 60.7 cm³/mol. The molecule has 1 aliphatic carbocycles. The second-order valence-corrected chi connectivity index (χ2v) is 4.61. The van der Waals surface area contributed by atoms with Gasteiger partial charge in [0.15, 0.2) is 0 Å². The topological polar surface area (TPSA) is 35.2 Å². The van der Waals surface area contributed by atoms with E-state index in [1.807, 2.05) is 0 Å². The Labute approximate surface area is 92.6 Å². The van der Waals surface area contributed by atoms with E-state index in [-0.39, 0.29) is 0 Å². The molecule has 2 rings (SSSR count). The molecule has 0 saturated carbocycles. The number of fused-ring (bicyclic) bond motifs is 1. The molecular formula is C11H14BrNO. The van der Waals surface area contributed by atoms with Gasteiger partial charge in [0.1, 0.15) is 5.75 Å². The molecule has 1 aliphatic rings. The number of aryl methyl sites for hydroxylation is 1. The van der Waals surface area contributed by atoms with E-state index in [0.29, 0.717) is 6.04 Å². The van der Waals surface area contributed by atoms with Crippen molar-refractivity contribution in [3.63, 3.8) is 0 Å². The fraction of sp³-hybridized carbons (Fsp3) is 0.455. The molecule has 76 valence electrons. The summed E-state index contributed by atoms with van der Waals surface area (Å²) in [5, 5.41) is 0. The monoisotopic (exact) mass is 255 g/mol. The van der Waals surface area contributed by atoms with Gasteiger partial charge in [0.05, 0.1) is 11.6 Å². The normalized spacial score (nSPS) is 20.4. The molecule has 0 heterocycles. The van der Waals surface area contributed by atoms with Gasteiger partial charge in [-0.25, -0.2) is 0 Å². The molecular weight excluding hydrogens is 242 g/mol. The molecule has 2 N–H and O–H groups in total. The first kappa shape index (κ1) is 9.99. The average Bonchev–Trinajstić information content (AvgIpc) is 2.16. The van der Waals surface area contributed by atoms with E-state index in [2.05, 4.69) is 28.1 Å². The lowest BCUT2D eigenvalue weighted by Crippen LogP contribution is -2.27. The van der Waals surface area contributed by atoms with Crippen LogP contribution in [0.5, 0.6) is 5.75 Å². The number of nitrogens with two attached hydrogens (primary N) is 1. The maximum Gasteiger partial charge on any atom is 0.133 e. The molecule has 0 aromatic heterocycles. The highest BCUT2D eigenvalue weighted by atomic mass is 79.9. The van der Waals surface area contributed by atoms with Crippen LogP contribution in [0.3, 0.4) is 0 Å². The fourth-order valence-electron chi connectivity index (χ4n) is 1.94. The van der Waals surface area contributed by atoms with Gasteiger partial charge in [-0.1, -0.05) is 0 Å². The number of rotatable bonds is 1. The van der Waals surface area contributed by atoms with Crippen LogP contribution >= 0.6 is 15.9 Å². The van der Waals surface area contributed by atoms with Crippen LogP contribution in [0.4, 0.5) is 0 Å². The van der Waals surface area contributed by atoms with Gasteiger partial charge < -0.3 is 10.5 Å². The Morgan fingerprint density at radius 3 is 2.93 bits per heavy atom. The molecule has 0 bridgehead atoms. The Hall–Kier alpha value is -0.540. The number of benzene rings is 1. The Bertz CT molecular complexity index is 351. The van der Waals surface area contributed by atoms with E-state index >= 15 is 0 Å². The summed E-state index contributed by atoms with van der Waals surface area (Å²) in [7, 11) is 1.70. The average molecular weight is 256 g/mol. The van der Waals surface area contributed by atoms with E-state index in [0.717, 1.165) is 29.5 Å². The van der Waals surface area contributed by atoms with Crippen molar-refractivity contribution in [1.82, 2.24) is 0 Å². The van der Waals surface area contributed by atoms with Gasteiger partial charge in [-0.3, -0.25) is 0 Å². The summed E-state index contributed by atoms with van der Waals surface area (Å²) >= 11 is 3.49. The van der Waals surface area contributed by atoms with Crippen molar-refractivity contribution in [2.24, 2.45) is 5.73 Å². The van der Waals surface area contributed by atoms with Crippen molar-refractivity contribution in [2.75, 3.05) is 7.11 Å². The van der Waals surface area contributed by atoms with Crippen LogP contribution in [0, 0.1) is 0 Å². The van der Waals surface area contributed by atoms with Crippen LogP contribution in [0.1, 0.15) is 17.5 Å². The highest BCUT2D eigenvalue weighted by Crippen LogP contribution is 2.32. The lowest BCUT2D eigenvalue weighted by molar-refractivity contribution is 0.410. The van der Waals surface area contributed by atoms with Crippen molar-refractivity contribution in [1.29, 1.82) is 0 Å². The summed E-state index contributed by atoms with van der Waals surface area (Å²) in [6.07, 6.45) is 3.13. The summed E-state index contributed by atoms with van der Waals surface area (Å²) in [5.74, 6) is 0.916. The van der Waals surface area contributed by atoms with Crippen LogP contribution in [0.15, 0.2) is 16.6 Å². The van der Waals surface area contributed by atoms with Gasteiger partial charge in [0, 0.05) is 6.04 Å². The molecule has 0 saturated heterocycles. The molecule has 2 nitrogen and oxygen atoms in total. The maximum absolute atomic E-state index is 5.92. The van der Waals surface area contributed by atoms with Crippen LogP contribution in [-0.2, 0) is 12.8 Å². The second kappa shape index (κ2) is 3.91. The van der Waals surface area contributed by atoms with Gasteiger partial charge in [-0.2, -0.15) is 0 Å². The third kappa shape index (κ3) is 1.79. The number of ether oxygens (including phenoxy) is 1. The van der Waals surface area contributed by atoms with Crippen LogP contribution in [0.2, 0.25) is 0 Å². The standard InChI is InChI=1S/C11H14BrNO/c1-14-11-6-7-2-3-9(13)4-8(7)5-10(11)12/h5-6,9H,2-4,13H2,1H3/t9-/m1/s1. The van der Waals surface area contributed by atoms with Gasteiger partial charge >= 0.3 is 0 Å². The summed E-state index contributed by atoms with van der Waals surface area (Å²) in [6, 6.07) is 4.57. The molecule has 1 aromatic carbocycles. The van der Waals surface area contributed by atoms with Crippen molar-refractivity contribution in [3.05, 3.63) is 27.7 Å². The lowest BCUT2D eigenvalue weighted by atomic mass is 9.89. The Balaban J connectivity index is 2.40. The van der Waals surface area contributed by atoms with Crippen molar-refractivity contribution >= 4 is 15.9 Å². The molecule has 3 heteroatoms. The lowest BCUT2D eigenvalue weighted by Gasteiger charge is -2.22. The molecule has 0 radical (unpaired) electrons. The summed E-state index contributed by atoms with van der Waals surface area (Å²) in [5.41, 5.74) is 8.66. The van der Waals surface area contributed by atoms with Gasteiger partial charge in [-0.15, -0.1) is 0 Å². The third-order valence-electron chi connectivity index (χ3n) is 2.74. The molecule has 14 heavy (non-hydrogen) atoms. The molecule has 0 unspecified atom stereocenters. The minimum absolute atomic E-state index is 0.322. The first-order valence-corrected chi connectivity index (χ1v) is 5.61. The Morgan fingerprint density at radius 1 is 1.43 bits per heavy atom. The number of halogens is 1. The van der Waals surface area contributed by atoms with E-state index in [9.17, 15) is 0 Å². The van der Waals surface area contributed by atoms with Gasteiger partial charge in [0.2, 0.25) is 0 Å². The second-order valence-electron chi connectivity index (χ2n) is 3.76. The highest BCUT2D eigenvalue weighted by molar-refractivity contribution is 9.10. The third-order valence-corrected chi connectivity index (χ3v) is 3.36. The number of hydrogen-bond acceptors (Lipinski definition) is 2. The summed E-state index contributed by atoms with van der Waals surface area (Å²) in [6.45, 7) is 0. The molecule has 0 fully saturated rings.